The standard InChI is InChI=1S/C27H19N3O/c28-16-18-5-3-8-20(13-18)21-11-12-26-24(14-21)25(30-17-29)15-27(31-26)23-10-4-7-19-6-1-2-9-22(19)23/h2-3,5,8-9,11-14,23,27H,4,7,10,15H2. The Bertz CT molecular complexity index is 1260. The third-order valence-corrected chi connectivity index (χ3v) is 6.18. The molecule has 0 amide bonds. The topological polar surface area (TPSA) is 69.2 Å². The Balaban J connectivity index is 1.52. The van der Waals surface area contributed by atoms with Gasteiger partial charge in [-0.3, -0.25) is 0 Å². The fraction of sp³-hybridized carbons (Fsp3) is 0.222. The second-order valence-electron chi connectivity index (χ2n) is 7.96. The largest absolute Gasteiger partial charge is 0.489 e. The molecule has 4 nitrogen and oxygen atoms in total. The van der Waals surface area contributed by atoms with Gasteiger partial charge >= 0.3 is 0 Å². The summed E-state index contributed by atoms with van der Waals surface area (Å²) >= 11 is 0. The Kier molecular flexibility index (Phi) is 4.87. The van der Waals surface area contributed by atoms with Crippen molar-refractivity contribution in [1.82, 2.24) is 0 Å². The fourth-order valence-corrected chi connectivity index (χ4v) is 4.73. The Labute approximate surface area is 182 Å². The lowest BCUT2D eigenvalue weighted by Gasteiger charge is -2.35. The normalized spacial score (nSPS) is 20.4. The van der Waals surface area contributed by atoms with E-state index in [9.17, 15) is 10.5 Å². The Morgan fingerprint density at radius 2 is 1.97 bits per heavy atom. The van der Waals surface area contributed by atoms with E-state index in [0.29, 0.717) is 12.0 Å². The van der Waals surface area contributed by atoms with E-state index < -0.39 is 0 Å². The molecule has 0 radical (unpaired) electrons. The highest BCUT2D eigenvalue weighted by molar-refractivity contribution is 6.05. The SMILES string of the molecule is N#CN=C1CC(C2CCCc3c#cccc32)Oc2ccc(-c3cccc(C#N)c3)cc21. The summed E-state index contributed by atoms with van der Waals surface area (Å²) in [6, 6.07) is 26.0. The van der Waals surface area contributed by atoms with Gasteiger partial charge < -0.3 is 4.74 Å². The molecule has 3 aromatic carbocycles. The summed E-state index contributed by atoms with van der Waals surface area (Å²) in [6.45, 7) is 0. The molecular formula is C27H19N3O. The van der Waals surface area contributed by atoms with Gasteiger partial charge in [-0.05, 0) is 72.4 Å². The summed E-state index contributed by atoms with van der Waals surface area (Å²) in [4.78, 5) is 4.17. The first-order chi connectivity index (χ1) is 15.3. The molecule has 0 saturated heterocycles. The molecule has 148 valence electrons. The van der Waals surface area contributed by atoms with Crippen LogP contribution in [-0.2, 0) is 6.42 Å². The molecule has 1 aliphatic carbocycles. The van der Waals surface area contributed by atoms with Crippen molar-refractivity contribution in [2.75, 3.05) is 0 Å². The second-order valence-corrected chi connectivity index (χ2v) is 7.96. The van der Waals surface area contributed by atoms with E-state index in [1.165, 1.54) is 11.1 Å². The smallest absolute Gasteiger partial charge is 0.205 e. The predicted octanol–water partition coefficient (Wildman–Crippen LogP) is 5.37. The minimum atomic E-state index is -0.0674. The summed E-state index contributed by atoms with van der Waals surface area (Å²) in [5, 5.41) is 18.5. The number of rotatable bonds is 2. The first-order valence-corrected chi connectivity index (χ1v) is 10.4. The van der Waals surface area contributed by atoms with Crippen LogP contribution in [0.1, 0.15) is 47.4 Å². The quantitative estimate of drug-likeness (QED) is 0.542. The van der Waals surface area contributed by atoms with Crippen LogP contribution in [0, 0.1) is 34.9 Å². The maximum atomic E-state index is 9.33. The second kappa shape index (κ2) is 7.98. The molecule has 0 aromatic heterocycles. The number of hydrogen-bond acceptors (Lipinski definition) is 4. The van der Waals surface area contributed by atoms with Crippen molar-refractivity contribution < 1.29 is 4.74 Å². The molecule has 31 heavy (non-hydrogen) atoms. The highest BCUT2D eigenvalue weighted by Crippen LogP contribution is 2.41. The number of benzene rings is 2. The Morgan fingerprint density at radius 3 is 2.84 bits per heavy atom. The minimum absolute atomic E-state index is 0.0674. The molecule has 2 atom stereocenters. The first kappa shape index (κ1) is 18.9. The van der Waals surface area contributed by atoms with Gasteiger partial charge in [-0.15, -0.1) is 0 Å². The van der Waals surface area contributed by atoms with Crippen LogP contribution in [-0.4, -0.2) is 11.8 Å². The summed E-state index contributed by atoms with van der Waals surface area (Å²) in [7, 11) is 0. The van der Waals surface area contributed by atoms with Crippen molar-refractivity contribution in [1.29, 1.82) is 10.5 Å². The summed E-state index contributed by atoms with van der Waals surface area (Å²) in [6.07, 6.45) is 5.66. The van der Waals surface area contributed by atoms with Gasteiger partial charge in [0, 0.05) is 23.5 Å². The zero-order valence-corrected chi connectivity index (χ0v) is 16.9. The zero-order valence-electron chi connectivity index (χ0n) is 16.9. The van der Waals surface area contributed by atoms with Gasteiger partial charge in [0.1, 0.15) is 11.9 Å². The van der Waals surface area contributed by atoms with Crippen LogP contribution >= 0.6 is 0 Å². The number of nitriles is 2. The lowest BCUT2D eigenvalue weighted by atomic mass is 9.78. The van der Waals surface area contributed by atoms with Gasteiger partial charge in [0.15, 0.2) is 0 Å². The molecule has 0 fully saturated rings. The Hall–Kier alpha value is -4.07. The average molecular weight is 401 g/mol. The van der Waals surface area contributed by atoms with Crippen molar-refractivity contribution in [3.8, 4) is 29.1 Å². The highest BCUT2D eigenvalue weighted by atomic mass is 16.5. The fourth-order valence-electron chi connectivity index (χ4n) is 4.73. The molecule has 1 aliphatic heterocycles. The molecule has 0 spiro atoms. The van der Waals surface area contributed by atoms with Crippen molar-refractivity contribution in [2.45, 2.75) is 37.7 Å². The molecule has 3 aromatic rings. The molecule has 0 saturated carbocycles. The maximum absolute atomic E-state index is 9.33. The van der Waals surface area contributed by atoms with Crippen LogP contribution in [0.25, 0.3) is 11.1 Å². The summed E-state index contributed by atoms with van der Waals surface area (Å²) in [5.41, 5.74) is 6.64. The van der Waals surface area contributed by atoms with Crippen LogP contribution in [0.4, 0.5) is 0 Å². The summed E-state index contributed by atoms with van der Waals surface area (Å²) in [5.74, 6) is 1.00. The first-order valence-electron chi connectivity index (χ1n) is 10.4. The van der Waals surface area contributed by atoms with Crippen molar-refractivity contribution in [2.24, 2.45) is 4.99 Å². The third kappa shape index (κ3) is 3.52. The van der Waals surface area contributed by atoms with Gasteiger partial charge in [-0.25, -0.2) is 0 Å². The van der Waals surface area contributed by atoms with Crippen LogP contribution in [0.3, 0.4) is 0 Å². The molecule has 4 heteroatoms. The summed E-state index contributed by atoms with van der Waals surface area (Å²) < 4.78 is 6.47. The van der Waals surface area contributed by atoms with Crippen molar-refractivity contribution >= 4 is 5.71 Å². The average Bonchev–Trinajstić information content (AvgIpc) is 2.83. The van der Waals surface area contributed by atoms with Crippen molar-refractivity contribution in [3.05, 3.63) is 89.0 Å². The molecule has 2 unspecified atom stereocenters. The van der Waals surface area contributed by atoms with Gasteiger partial charge in [0.05, 0.1) is 17.3 Å². The molecule has 2 aliphatic rings. The monoisotopic (exact) mass is 401 g/mol. The van der Waals surface area contributed by atoms with Gasteiger partial charge in [0.25, 0.3) is 0 Å². The molecule has 1 heterocycles. The number of nitrogens with zero attached hydrogens (tertiary/aromatic N) is 3. The van der Waals surface area contributed by atoms with E-state index in [4.69, 9.17) is 4.74 Å². The van der Waals surface area contributed by atoms with Crippen LogP contribution < -0.4 is 4.74 Å². The number of ether oxygens (including phenoxy) is 1. The van der Waals surface area contributed by atoms with Gasteiger partial charge in [-0.1, -0.05) is 30.3 Å². The number of fused-ring (bicyclic) bond motifs is 2. The van der Waals surface area contributed by atoms with Crippen LogP contribution in [0.5, 0.6) is 5.75 Å². The minimum Gasteiger partial charge on any atom is -0.489 e. The van der Waals surface area contributed by atoms with E-state index in [1.807, 2.05) is 48.7 Å². The van der Waals surface area contributed by atoms with Crippen LogP contribution in [0.15, 0.2) is 59.6 Å². The predicted molar refractivity (Wildman–Crippen MR) is 118 cm³/mol. The third-order valence-electron chi connectivity index (χ3n) is 6.18. The van der Waals surface area contributed by atoms with E-state index in [1.54, 1.807) is 6.07 Å². The number of aliphatic imine (C=N–C) groups is 1. The Morgan fingerprint density at radius 1 is 1.06 bits per heavy atom. The van der Waals surface area contributed by atoms with E-state index in [-0.39, 0.29) is 12.0 Å². The van der Waals surface area contributed by atoms with Crippen molar-refractivity contribution in [3.63, 3.8) is 0 Å². The lowest BCUT2D eigenvalue weighted by molar-refractivity contribution is 0.160. The van der Waals surface area contributed by atoms with Crippen LogP contribution in [0.2, 0.25) is 0 Å². The molecule has 0 N–H and O–H groups in total. The highest BCUT2D eigenvalue weighted by Gasteiger charge is 2.34. The molecule has 0 bridgehead atoms. The molecule has 5 rings (SSSR count). The van der Waals surface area contributed by atoms with E-state index in [2.05, 4.69) is 29.3 Å². The van der Waals surface area contributed by atoms with Gasteiger partial charge in [0.2, 0.25) is 6.19 Å². The molecular weight excluding hydrogens is 382 g/mol. The van der Waals surface area contributed by atoms with E-state index in [0.717, 1.165) is 47.4 Å². The maximum Gasteiger partial charge on any atom is 0.205 e. The number of hydrogen-bond donors (Lipinski definition) is 0. The van der Waals surface area contributed by atoms with E-state index >= 15 is 0 Å². The zero-order chi connectivity index (χ0) is 21.2. The lowest BCUT2D eigenvalue weighted by Crippen LogP contribution is -2.34. The van der Waals surface area contributed by atoms with Gasteiger partial charge in [-0.2, -0.15) is 15.5 Å².